The van der Waals surface area contributed by atoms with Crippen molar-refractivity contribution in [2.75, 3.05) is 20.8 Å². The average Bonchev–Trinajstić information content (AvgIpc) is 3.52. The molecule has 0 unspecified atom stereocenters. The van der Waals surface area contributed by atoms with Gasteiger partial charge in [-0.25, -0.2) is 9.97 Å². The van der Waals surface area contributed by atoms with Gasteiger partial charge < -0.3 is 25.0 Å². The number of benzene rings is 2. The number of amides is 1. The Kier molecular flexibility index (Phi) is 11.1. The molecule has 1 fully saturated rings. The molecule has 48 heavy (non-hydrogen) atoms. The summed E-state index contributed by atoms with van der Waals surface area (Å²) in [6, 6.07) is 11.3. The van der Waals surface area contributed by atoms with Gasteiger partial charge in [-0.15, -0.1) is 0 Å². The molecule has 2 atom stereocenters. The molecule has 1 aliphatic rings. The van der Waals surface area contributed by atoms with Gasteiger partial charge in [-0.3, -0.25) is 24.9 Å². The quantitative estimate of drug-likeness (QED) is 0.138. The van der Waals surface area contributed by atoms with Crippen LogP contribution in [-0.2, 0) is 22.6 Å². The molecule has 0 bridgehead atoms. The zero-order valence-corrected chi connectivity index (χ0v) is 28.2. The summed E-state index contributed by atoms with van der Waals surface area (Å²) in [4.78, 5) is 41.5. The molecular weight excluding hydrogens is 659 g/mol. The summed E-state index contributed by atoms with van der Waals surface area (Å²) >= 11 is 14.0. The molecule has 5 rings (SSSR count). The maximum atomic E-state index is 11.6. The Hall–Kier alpha value is -4.36. The van der Waals surface area contributed by atoms with Crippen molar-refractivity contribution < 1.29 is 29.3 Å². The van der Waals surface area contributed by atoms with Crippen LogP contribution in [0.2, 0.25) is 10.0 Å². The number of carbonyl (C=O) groups is 2. The molecule has 14 heteroatoms. The van der Waals surface area contributed by atoms with Gasteiger partial charge in [0, 0.05) is 41.3 Å². The molecule has 0 radical (unpaired) electrons. The summed E-state index contributed by atoms with van der Waals surface area (Å²) in [5, 5.41) is 25.6. The number of ether oxygens (including phenoxy) is 2. The topological polar surface area (TPSA) is 169 Å². The predicted molar refractivity (Wildman–Crippen MR) is 181 cm³/mol. The van der Waals surface area contributed by atoms with E-state index in [0.29, 0.717) is 68.1 Å². The van der Waals surface area contributed by atoms with Crippen molar-refractivity contribution in [3.05, 3.63) is 70.2 Å². The number of nitrogens with one attached hydrogen (secondary N) is 2. The smallest absolute Gasteiger partial charge is 0.326 e. The first-order valence-corrected chi connectivity index (χ1v) is 16.1. The van der Waals surface area contributed by atoms with Crippen molar-refractivity contribution in [2.45, 2.75) is 57.2 Å². The fraction of sp³-hybridized carbons (Fsp3) is 0.353. The lowest BCUT2D eigenvalue weighted by Crippen LogP contribution is -2.52. The molecule has 252 valence electrons. The Labute approximate surface area is 287 Å². The SMILES string of the molecule is COc1nc(-c2cccc(-c3cccc(-c4cnc(CN[C@@](C)(CO)C(=O)O)c(OC)n4)c3Cl)c2Cl)cnc1CCC[C@@H]1CCC(=O)N1. The lowest BCUT2D eigenvalue weighted by atomic mass is 9.98. The number of aryl methyl sites for hydroxylation is 1. The van der Waals surface area contributed by atoms with E-state index in [-0.39, 0.29) is 24.4 Å². The fourth-order valence-electron chi connectivity index (χ4n) is 5.44. The van der Waals surface area contributed by atoms with E-state index in [0.717, 1.165) is 25.0 Å². The van der Waals surface area contributed by atoms with Gasteiger partial charge in [-0.1, -0.05) is 59.6 Å². The third kappa shape index (κ3) is 7.52. The summed E-state index contributed by atoms with van der Waals surface area (Å²) in [5.41, 5.74) is 3.05. The van der Waals surface area contributed by atoms with Crippen LogP contribution in [-0.4, -0.2) is 74.4 Å². The average molecular weight is 696 g/mol. The molecule has 12 nitrogen and oxygen atoms in total. The van der Waals surface area contributed by atoms with Crippen molar-refractivity contribution in [1.29, 1.82) is 0 Å². The highest BCUT2D eigenvalue weighted by atomic mass is 35.5. The molecule has 4 aromatic rings. The third-order valence-corrected chi connectivity index (χ3v) is 9.15. The second-order valence-electron chi connectivity index (χ2n) is 11.6. The number of hydrogen-bond acceptors (Lipinski definition) is 10. The molecule has 1 saturated heterocycles. The van der Waals surface area contributed by atoms with Gasteiger partial charge in [-0.05, 0) is 32.6 Å². The number of rotatable bonds is 14. The van der Waals surface area contributed by atoms with Crippen molar-refractivity contribution in [3.8, 4) is 45.4 Å². The minimum Gasteiger partial charge on any atom is -0.480 e. The Balaban J connectivity index is 1.39. The van der Waals surface area contributed by atoms with E-state index in [1.165, 1.54) is 20.2 Å². The number of methoxy groups -OCH3 is 2. The zero-order chi connectivity index (χ0) is 34.4. The molecule has 3 heterocycles. The highest BCUT2D eigenvalue weighted by molar-refractivity contribution is 6.39. The number of carbonyl (C=O) groups excluding carboxylic acids is 1. The van der Waals surface area contributed by atoms with Crippen molar-refractivity contribution in [1.82, 2.24) is 30.6 Å². The molecular formula is C34H36Cl2N6O6. The number of aromatic nitrogens is 4. The van der Waals surface area contributed by atoms with Crippen molar-refractivity contribution in [3.63, 3.8) is 0 Å². The third-order valence-electron chi connectivity index (χ3n) is 8.33. The number of halogens is 2. The van der Waals surface area contributed by atoms with E-state index in [1.54, 1.807) is 19.4 Å². The van der Waals surface area contributed by atoms with E-state index in [9.17, 15) is 19.8 Å². The number of aliphatic hydroxyl groups excluding tert-OH is 1. The number of carboxylic acid groups (broad SMARTS) is 1. The fourth-order valence-corrected chi connectivity index (χ4v) is 6.09. The summed E-state index contributed by atoms with van der Waals surface area (Å²) in [7, 11) is 2.99. The van der Waals surface area contributed by atoms with Gasteiger partial charge in [-0.2, -0.15) is 0 Å². The van der Waals surface area contributed by atoms with Crippen LogP contribution in [0, 0.1) is 0 Å². The number of nitrogens with zero attached hydrogens (tertiary/aromatic N) is 4. The highest BCUT2D eigenvalue weighted by Crippen LogP contribution is 2.42. The van der Waals surface area contributed by atoms with Gasteiger partial charge in [0.1, 0.15) is 16.9 Å². The molecule has 0 aliphatic carbocycles. The van der Waals surface area contributed by atoms with Gasteiger partial charge >= 0.3 is 5.97 Å². The van der Waals surface area contributed by atoms with E-state index in [1.807, 2.05) is 30.3 Å². The van der Waals surface area contributed by atoms with Crippen LogP contribution in [0.3, 0.4) is 0 Å². The maximum absolute atomic E-state index is 11.6. The first-order chi connectivity index (χ1) is 23.1. The highest BCUT2D eigenvalue weighted by Gasteiger charge is 2.32. The Bertz CT molecular complexity index is 1830. The predicted octanol–water partition coefficient (Wildman–Crippen LogP) is 5.12. The summed E-state index contributed by atoms with van der Waals surface area (Å²) in [6.45, 7) is 0.747. The Morgan fingerprint density at radius 1 is 0.958 bits per heavy atom. The summed E-state index contributed by atoms with van der Waals surface area (Å²) in [6.07, 6.45) is 7.00. The summed E-state index contributed by atoms with van der Waals surface area (Å²) in [5.74, 6) is -0.507. The zero-order valence-electron chi connectivity index (χ0n) is 26.7. The van der Waals surface area contributed by atoms with Gasteiger partial charge in [0.25, 0.3) is 0 Å². The van der Waals surface area contributed by atoms with Crippen LogP contribution in [0.4, 0.5) is 0 Å². The lowest BCUT2D eigenvalue weighted by molar-refractivity contribution is -0.146. The molecule has 2 aromatic carbocycles. The number of hydrogen-bond donors (Lipinski definition) is 4. The van der Waals surface area contributed by atoms with Gasteiger partial charge in [0.15, 0.2) is 0 Å². The minimum atomic E-state index is -1.56. The van der Waals surface area contributed by atoms with Crippen LogP contribution in [0.5, 0.6) is 11.8 Å². The van der Waals surface area contributed by atoms with E-state index in [2.05, 4.69) is 25.6 Å². The molecule has 2 aromatic heterocycles. The van der Waals surface area contributed by atoms with Gasteiger partial charge in [0.2, 0.25) is 17.7 Å². The molecule has 4 N–H and O–H groups in total. The Morgan fingerprint density at radius 2 is 1.50 bits per heavy atom. The minimum absolute atomic E-state index is 0.00917. The molecule has 1 amide bonds. The van der Waals surface area contributed by atoms with Crippen LogP contribution in [0.1, 0.15) is 44.0 Å². The molecule has 0 saturated carbocycles. The monoisotopic (exact) mass is 694 g/mol. The van der Waals surface area contributed by atoms with Crippen LogP contribution < -0.4 is 20.1 Å². The molecule has 1 aliphatic heterocycles. The van der Waals surface area contributed by atoms with Crippen LogP contribution in [0.25, 0.3) is 33.6 Å². The lowest BCUT2D eigenvalue weighted by Gasteiger charge is -2.23. The normalized spacial score (nSPS) is 15.5. The number of aliphatic carboxylic acids is 1. The van der Waals surface area contributed by atoms with Crippen molar-refractivity contribution >= 4 is 35.1 Å². The van der Waals surface area contributed by atoms with Gasteiger partial charge in [0.05, 0.1) is 54.7 Å². The Morgan fingerprint density at radius 3 is 2.00 bits per heavy atom. The second-order valence-corrected chi connectivity index (χ2v) is 12.4. The summed E-state index contributed by atoms with van der Waals surface area (Å²) < 4.78 is 11.0. The van der Waals surface area contributed by atoms with E-state index >= 15 is 0 Å². The standard InChI is InChI=1S/C34H36Cl2N6O6/c1-34(18-43,33(45)46)39-17-27-32(48-3)42-26(16-38-27)23-11-6-9-21(30(23)36)20-8-5-10-22(29(20)35)25-15-37-24(31(41-25)47-2)12-4-7-19-13-14-28(44)40-19/h5-6,8-11,15-16,19,39,43H,4,7,12-14,17-18H2,1-3H3,(H,40,44)(H,45,46)/t19-,34+/m1/s1. The van der Waals surface area contributed by atoms with Crippen LogP contribution in [0.15, 0.2) is 48.8 Å². The second kappa shape index (κ2) is 15.2. The maximum Gasteiger partial charge on any atom is 0.326 e. The molecule has 0 spiro atoms. The first kappa shape index (κ1) is 35.0. The largest absolute Gasteiger partial charge is 0.480 e. The van der Waals surface area contributed by atoms with Crippen LogP contribution >= 0.6 is 23.2 Å². The van der Waals surface area contributed by atoms with E-state index < -0.39 is 18.1 Å². The van der Waals surface area contributed by atoms with Crippen molar-refractivity contribution in [2.24, 2.45) is 0 Å². The number of carboxylic acids is 1. The first-order valence-electron chi connectivity index (χ1n) is 15.3. The van der Waals surface area contributed by atoms with E-state index in [4.69, 9.17) is 37.7 Å². The number of aliphatic hydroxyl groups is 1.